The Hall–Kier alpha value is -0.380. The SMILES string of the molecule is C[C@@]12CCO[C@@H]1C1=CC[C@H]3[C@](C)(O)[C@@H](O)CC[C@]3(C)[C@H]1CC2. The van der Waals surface area contributed by atoms with Crippen LogP contribution in [-0.4, -0.2) is 34.6 Å². The zero-order chi connectivity index (χ0) is 15.8. The van der Waals surface area contributed by atoms with Crippen LogP contribution in [0, 0.1) is 22.7 Å². The van der Waals surface area contributed by atoms with Gasteiger partial charge in [0.25, 0.3) is 0 Å². The number of aliphatic hydroxyl groups is 2. The first-order chi connectivity index (χ1) is 10.3. The van der Waals surface area contributed by atoms with E-state index in [2.05, 4.69) is 19.9 Å². The summed E-state index contributed by atoms with van der Waals surface area (Å²) >= 11 is 0. The molecule has 3 fully saturated rings. The molecule has 0 unspecified atom stereocenters. The minimum Gasteiger partial charge on any atom is -0.390 e. The van der Waals surface area contributed by atoms with E-state index in [1.165, 1.54) is 24.8 Å². The molecule has 124 valence electrons. The number of rotatable bonds is 0. The van der Waals surface area contributed by atoms with Crippen molar-refractivity contribution in [1.82, 2.24) is 0 Å². The number of hydrogen-bond donors (Lipinski definition) is 2. The van der Waals surface area contributed by atoms with Crippen LogP contribution in [0.4, 0.5) is 0 Å². The normalized spacial score (nSPS) is 57.6. The van der Waals surface area contributed by atoms with Crippen molar-refractivity contribution in [2.45, 2.75) is 77.1 Å². The predicted molar refractivity (Wildman–Crippen MR) is 85.3 cm³/mol. The molecule has 0 spiro atoms. The number of hydrogen-bond acceptors (Lipinski definition) is 3. The number of fused-ring (bicyclic) bond motifs is 5. The fraction of sp³-hybridized carbons (Fsp3) is 0.895. The smallest absolute Gasteiger partial charge is 0.0913 e. The van der Waals surface area contributed by atoms with Gasteiger partial charge >= 0.3 is 0 Å². The monoisotopic (exact) mass is 306 g/mol. The number of ether oxygens (including phenoxy) is 1. The minimum absolute atomic E-state index is 0.0973. The standard InChI is InChI=1S/C19H30O3/c1-17-8-6-13-12(16(17)22-11-10-17)4-5-14-18(13,2)9-7-15(20)19(14,3)21/h4,13-16,20-21H,5-11H2,1-3H3/t13-,14+,15-,16+,17+,18+,19-/m0/s1. The number of aliphatic hydroxyl groups excluding tert-OH is 1. The molecule has 3 aliphatic carbocycles. The second kappa shape index (κ2) is 4.58. The molecule has 0 bridgehead atoms. The van der Waals surface area contributed by atoms with E-state index in [0.717, 1.165) is 19.4 Å². The predicted octanol–water partition coefficient (Wildman–Crippen LogP) is 3.05. The lowest BCUT2D eigenvalue weighted by molar-refractivity contribution is -0.184. The molecule has 1 saturated heterocycles. The Bertz CT molecular complexity index is 511. The van der Waals surface area contributed by atoms with Crippen LogP contribution in [-0.2, 0) is 4.74 Å². The summed E-state index contributed by atoms with van der Waals surface area (Å²) in [6, 6.07) is 0. The van der Waals surface area contributed by atoms with Crippen molar-refractivity contribution in [3.05, 3.63) is 11.6 Å². The summed E-state index contributed by atoms with van der Waals surface area (Å²) < 4.78 is 6.15. The summed E-state index contributed by atoms with van der Waals surface area (Å²) in [6.07, 6.45) is 8.29. The molecule has 2 N–H and O–H groups in total. The Labute approximate surface area is 133 Å². The van der Waals surface area contributed by atoms with Gasteiger partial charge in [-0.2, -0.15) is 0 Å². The largest absolute Gasteiger partial charge is 0.390 e. The maximum Gasteiger partial charge on any atom is 0.0913 e. The summed E-state index contributed by atoms with van der Waals surface area (Å²) in [5, 5.41) is 21.2. The summed E-state index contributed by atoms with van der Waals surface area (Å²) in [5.74, 6) is 0.671. The van der Waals surface area contributed by atoms with Crippen LogP contribution in [0.3, 0.4) is 0 Å². The van der Waals surface area contributed by atoms with Gasteiger partial charge < -0.3 is 14.9 Å². The lowest BCUT2D eigenvalue weighted by Crippen LogP contribution is -2.61. The van der Waals surface area contributed by atoms with Crippen molar-refractivity contribution in [3.8, 4) is 0 Å². The molecule has 22 heavy (non-hydrogen) atoms. The molecule has 1 heterocycles. The van der Waals surface area contributed by atoms with Crippen LogP contribution in [0.1, 0.15) is 59.3 Å². The van der Waals surface area contributed by atoms with Crippen molar-refractivity contribution < 1.29 is 14.9 Å². The van der Waals surface area contributed by atoms with E-state index in [1.54, 1.807) is 0 Å². The second-order valence-electron chi connectivity index (χ2n) is 9.02. The Balaban J connectivity index is 1.74. The molecular weight excluding hydrogens is 276 g/mol. The molecule has 0 radical (unpaired) electrons. The van der Waals surface area contributed by atoms with Crippen LogP contribution >= 0.6 is 0 Å². The number of allylic oxidation sites excluding steroid dienone is 1. The van der Waals surface area contributed by atoms with E-state index < -0.39 is 11.7 Å². The third-order valence-corrected chi connectivity index (χ3v) is 7.82. The van der Waals surface area contributed by atoms with Crippen molar-refractivity contribution >= 4 is 0 Å². The first kappa shape index (κ1) is 15.2. The lowest BCUT2D eigenvalue weighted by Gasteiger charge is -2.60. The maximum atomic E-state index is 10.9. The van der Waals surface area contributed by atoms with E-state index in [-0.39, 0.29) is 11.3 Å². The Morgan fingerprint density at radius 1 is 1.14 bits per heavy atom. The first-order valence-corrected chi connectivity index (χ1v) is 9.01. The third-order valence-electron chi connectivity index (χ3n) is 7.82. The molecule has 1 aliphatic heterocycles. The first-order valence-electron chi connectivity index (χ1n) is 9.01. The highest BCUT2D eigenvalue weighted by Gasteiger charge is 2.60. The van der Waals surface area contributed by atoms with Gasteiger partial charge in [-0.3, -0.25) is 0 Å². The highest BCUT2D eigenvalue weighted by Crippen LogP contribution is 2.63. The van der Waals surface area contributed by atoms with Crippen LogP contribution in [0.2, 0.25) is 0 Å². The maximum absolute atomic E-state index is 10.9. The van der Waals surface area contributed by atoms with Gasteiger partial charge in [-0.1, -0.05) is 19.9 Å². The van der Waals surface area contributed by atoms with Crippen LogP contribution < -0.4 is 0 Å². The van der Waals surface area contributed by atoms with Gasteiger partial charge in [0.1, 0.15) is 0 Å². The van der Waals surface area contributed by atoms with Crippen molar-refractivity contribution in [2.75, 3.05) is 6.61 Å². The summed E-state index contributed by atoms with van der Waals surface area (Å²) in [7, 11) is 0. The molecule has 0 aromatic carbocycles. The Morgan fingerprint density at radius 3 is 2.68 bits per heavy atom. The van der Waals surface area contributed by atoms with Crippen molar-refractivity contribution in [2.24, 2.45) is 22.7 Å². The van der Waals surface area contributed by atoms with Gasteiger partial charge in [0, 0.05) is 6.61 Å². The molecule has 2 saturated carbocycles. The van der Waals surface area contributed by atoms with Gasteiger partial charge in [-0.15, -0.1) is 0 Å². The molecule has 3 heteroatoms. The minimum atomic E-state index is -0.966. The summed E-state index contributed by atoms with van der Waals surface area (Å²) in [6.45, 7) is 7.48. The van der Waals surface area contributed by atoms with Crippen LogP contribution in [0.15, 0.2) is 11.6 Å². The molecule has 4 aliphatic rings. The Morgan fingerprint density at radius 2 is 1.91 bits per heavy atom. The second-order valence-corrected chi connectivity index (χ2v) is 9.02. The quantitative estimate of drug-likeness (QED) is 0.676. The molecule has 7 atom stereocenters. The zero-order valence-electron chi connectivity index (χ0n) is 14.1. The molecule has 0 aromatic heterocycles. The van der Waals surface area contributed by atoms with Gasteiger partial charge in [-0.25, -0.2) is 0 Å². The van der Waals surface area contributed by atoms with Crippen LogP contribution in [0.25, 0.3) is 0 Å². The van der Waals surface area contributed by atoms with E-state index in [9.17, 15) is 10.2 Å². The van der Waals surface area contributed by atoms with Gasteiger partial charge in [0.05, 0.1) is 17.8 Å². The molecule has 0 amide bonds. The van der Waals surface area contributed by atoms with Gasteiger partial charge in [0.2, 0.25) is 0 Å². The van der Waals surface area contributed by atoms with E-state index in [1.807, 2.05) is 6.92 Å². The van der Waals surface area contributed by atoms with Crippen LogP contribution in [0.5, 0.6) is 0 Å². The van der Waals surface area contributed by atoms with Gasteiger partial charge in [-0.05, 0) is 73.7 Å². The van der Waals surface area contributed by atoms with Crippen molar-refractivity contribution in [1.29, 1.82) is 0 Å². The van der Waals surface area contributed by atoms with Crippen molar-refractivity contribution in [3.63, 3.8) is 0 Å². The van der Waals surface area contributed by atoms with Gasteiger partial charge in [0.15, 0.2) is 0 Å². The third kappa shape index (κ3) is 1.79. The average Bonchev–Trinajstić information content (AvgIpc) is 2.85. The summed E-state index contributed by atoms with van der Waals surface area (Å²) in [5.41, 5.74) is 0.964. The fourth-order valence-corrected chi connectivity index (χ4v) is 6.27. The van der Waals surface area contributed by atoms with E-state index >= 15 is 0 Å². The average molecular weight is 306 g/mol. The highest BCUT2D eigenvalue weighted by atomic mass is 16.5. The van der Waals surface area contributed by atoms with E-state index in [0.29, 0.717) is 23.9 Å². The molecule has 3 nitrogen and oxygen atoms in total. The Kier molecular flexibility index (Phi) is 3.16. The highest BCUT2D eigenvalue weighted by molar-refractivity contribution is 5.29. The molecular formula is C19H30O3. The van der Waals surface area contributed by atoms with E-state index in [4.69, 9.17) is 4.74 Å². The fourth-order valence-electron chi connectivity index (χ4n) is 6.27. The topological polar surface area (TPSA) is 49.7 Å². The molecule has 4 rings (SSSR count). The zero-order valence-corrected chi connectivity index (χ0v) is 14.1. The molecule has 0 aromatic rings. The summed E-state index contributed by atoms with van der Waals surface area (Å²) in [4.78, 5) is 0. The lowest BCUT2D eigenvalue weighted by atomic mass is 9.47.